The largest absolute Gasteiger partial charge is 0.378 e. The van der Waals surface area contributed by atoms with Crippen LogP contribution in [-0.2, 0) is 4.74 Å². The molecule has 1 N–H and O–H groups in total. The van der Waals surface area contributed by atoms with E-state index in [0.29, 0.717) is 37.7 Å². The van der Waals surface area contributed by atoms with Crippen LogP contribution in [-0.4, -0.2) is 47.3 Å². The van der Waals surface area contributed by atoms with E-state index in [2.05, 4.69) is 20.4 Å². The molecule has 0 unspecified atom stereocenters. The van der Waals surface area contributed by atoms with Crippen molar-refractivity contribution in [1.29, 1.82) is 0 Å². The van der Waals surface area contributed by atoms with Crippen LogP contribution < -0.4 is 10.3 Å². The predicted molar refractivity (Wildman–Crippen MR) is 98.2 cm³/mol. The van der Waals surface area contributed by atoms with Gasteiger partial charge in [0.1, 0.15) is 12.0 Å². The Morgan fingerprint density at radius 2 is 1.81 bits per heavy atom. The first-order chi connectivity index (χ1) is 13.0. The first kappa shape index (κ1) is 18.2. The highest BCUT2D eigenvalue weighted by Gasteiger charge is 2.17. The molecule has 11 heteroatoms. The fourth-order valence-corrected chi connectivity index (χ4v) is 2.58. The summed E-state index contributed by atoms with van der Waals surface area (Å²) < 4.78 is 5.34. The number of morpholine rings is 1. The molecule has 2 heterocycles. The van der Waals surface area contributed by atoms with Crippen molar-refractivity contribution in [3.05, 3.63) is 62.3 Å². The molecule has 1 fully saturated rings. The maximum Gasteiger partial charge on any atom is 0.287 e. The third-order valence-electron chi connectivity index (χ3n) is 3.92. The molecule has 2 aromatic rings. The third kappa shape index (κ3) is 4.52. The number of anilines is 2. The lowest BCUT2D eigenvalue weighted by Gasteiger charge is -2.29. The summed E-state index contributed by atoms with van der Waals surface area (Å²) >= 11 is 0. The molecule has 1 aliphatic rings. The van der Waals surface area contributed by atoms with E-state index in [9.17, 15) is 20.2 Å². The van der Waals surface area contributed by atoms with Gasteiger partial charge in [-0.3, -0.25) is 25.7 Å². The van der Waals surface area contributed by atoms with Gasteiger partial charge in [0.15, 0.2) is 0 Å². The fourth-order valence-electron chi connectivity index (χ4n) is 2.58. The van der Waals surface area contributed by atoms with Crippen molar-refractivity contribution < 1.29 is 14.6 Å². The van der Waals surface area contributed by atoms with Gasteiger partial charge in [-0.25, -0.2) is 4.98 Å². The number of nitrogens with one attached hydrogen (secondary N) is 1. The summed E-state index contributed by atoms with van der Waals surface area (Å²) in [5.74, 6) is 0.315. The SMILES string of the molecule is O=[N+]([O-])c1ccc(N/N=C\c2cc([N+](=O)[O-])ccc2N2CCOCC2)nc1. The molecular formula is C16H16N6O5. The van der Waals surface area contributed by atoms with Crippen LogP contribution in [0, 0.1) is 20.2 Å². The highest BCUT2D eigenvalue weighted by Crippen LogP contribution is 2.25. The molecule has 1 aliphatic heterocycles. The zero-order chi connectivity index (χ0) is 19.2. The number of nitro benzene ring substituents is 1. The Kier molecular flexibility index (Phi) is 5.52. The quantitative estimate of drug-likeness (QED) is 0.463. The highest BCUT2D eigenvalue weighted by atomic mass is 16.6. The molecule has 0 saturated carbocycles. The molecule has 0 atom stereocenters. The van der Waals surface area contributed by atoms with Crippen LogP contribution in [0.5, 0.6) is 0 Å². The minimum Gasteiger partial charge on any atom is -0.378 e. The minimum atomic E-state index is -0.544. The summed E-state index contributed by atoms with van der Waals surface area (Å²) in [4.78, 5) is 26.6. The topological polar surface area (TPSA) is 136 Å². The van der Waals surface area contributed by atoms with E-state index in [0.717, 1.165) is 11.9 Å². The van der Waals surface area contributed by atoms with E-state index in [1.165, 1.54) is 30.5 Å². The molecular weight excluding hydrogens is 356 g/mol. The van der Waals surface area contributed by atoms with Crippen molar-refractivity contribution in [3.63, 3.8) is 0 Å². The van der Waals surface area contributed by atoms with Gasteiger partial charge in [0, 0.05) is 42.5 Å². The average Bonchev–Trinajstić information content (AvgIpc) is 2.69. The Balaban J connectivity index is 1.80. The van der Waals surface area contributed by atoms with E-state index in [1.54, 1.807) is 6.07 Å². The Labute approximate surface area is 153 Å². The van der Waals surface area contributed by atoms with Crippen molar-refractivity contribution >= 4 is 29.1 Å². The monoisotopic (exact) mass is 372 g/mol. The number of hydrogen-bond acceptors (Lipinski definition) is 9. The second-order valence-electron chi connectivity index (χ2n) is 5.63. The minimum absolute atomic E-state index is 0.0399. The summed E-state index contributed by atoms with van der Waals surface area (Å²) in [7, 11) is 0. The van der Waals surface area contributed by atoms with Crippen molar-refractivity contribution in [1.82, 2.24) is 4.98 Å². The van der Waals surface area contributed by atoms with Gasteiger partial charge in [-0.1, -0.05) is 0 Å². The van der Waals surface area contributed by atoms with E-state index < -0.39 is 9.85 Å². The Morgan fingerprint density at radius 1 is 1.11 bits per heavy atom. The van der Waals surface area contributed by atoms with Crippen LogP contribution in [0.15, 0.2) is 41.6 Å². The lowest BCUT2D eigenvalue weighted by Crippen LogP contribution is -2.36. The maximum absolute atomic E-state index is 11.1. The van der Waals surface area contributed by atoms with E-state index in [4.69, 9.17) is 4.74 Å². The number of aromatic nitrogens is 1. The predicted octanol–water partition coefficient (Wildman–Crippen LogP) is 2.18. The third-order valence-corrected chi connectivity index (χ3v) is 3.92. The van der Waals surface area contributed by atoms with Crippen molar-refractivity contribution in [2.24, 2.45) is 5.10 Å². The number of benzene rings is 1. The smallest absolute Gasteiger partial charge is 0.287 e. The molecule has 0 bridgehead atoms. The summed E-state index contributed by atoms with van der Waals surface area (Å²) in [5.41, 5.74) is 3.88. The molecule has 1 saturated heterocycles. The zero-order valence-corrected chi connectivity index (χ0v) is 14.1. The van der Waals surface area contributed by atoms with E-state index in [1.807, 2.05) is 0 Å². The van der Waals surface area contributed by atoms with Gasteiger partial charge in [-0.05, 0) is 12.1 Å². The van der Waals surface area contributed by atoms with Crippen LogP contribution in [0.2, 0.25) is 0 Å². The number of hydrogen-bond donors (Lipinski definition) is 1. The average molecular weight is 372 g/mol. The molecule has 0 spiro atoms. The van der Waals surface area contributed by atoms with Crippen LogP contribution in [0.3, 0.4) is 0 Å². The second-order valence-corrected chi connectivity index (χ2v) is 5.63. The maximum atomic E-state index is 11.1. The molecule has 11 nitrogen and oxygen atoms in total. The van der Waals surface area contributed by atoms with Gasteiger partial charge in [-0.15, -0.1) is 0 Å². The first-order valence-electron chi connectivity index (χ1n) is 8.05. The van der Waals surface area contributed by atoms with Crippen molar-refractivity contribution in [2.75, 3.05) is 36.6 Å². The van der Waals surface area contributed by atoms with E-state index >= 15 is 0 Å². The van der Waals surface area contributed by atoms with Gasteiger partial charge >= 0.3 is 0 Å². The molecule has 27 heavy (non-hydrogen) atoms. The Morgan fingerprint density at radius 3 is 2.44 bits per heavy atom. The van der Waals surface area contributed by atoms with Crippen LogP contribution in [0.4, 0.5) is 22.9 Å². The highest BCUT2D eigenvalue weighted by molar-refractivity contribution is 5.89. The lowest BCUT2D eigenvalue weighted by molar-refractivity contribution is -0.385. The molecule has 1 aromatic carbocycles. The number of hydrazone groups is 1. The van der Waals surface area contributed by atoms with Crippen LogP contribution in [0.1, 0.15) is 5.56 Å². The molecule has 0 amide bonds. The summed E-state index contributed by atoms with van der Waals surface area (Å²) in [6, 6.07) is 7.31. The Hall–Kier alpha value is -3.60. The van der Waals surface area contributed by atoms with Crippen molar-refractivity contribution in [3.8, 4) is 0 Å². The van der Waals surface area contributed by atoms with Crippen LogP contribution in [0.25, 0.3) is 0 Å². The van der Waals surface area contributed by atoms with Crippen LogP contribution >= 0.6 is 0 Å². The van der Waals surface area contributed by atoms with Gasteiger partial charge in [0.2, 0.25) is 0 Å². The molecule has 3 rings (SSSR count). The van der Waals surface area contributed by atoms with Gasteiger partial charge in [0.25, 0.3) is 11.4 Å². The normalized spacial score (nSPS) is 14.3. The number of pyridine rings is 1. The first-order valence-corrected chi connectivity index (χ1v) is 8.05. The fraction of sp³-hybridized carbons (Fsp3) is 0.250. The zero-order valence-electron chi connectivity index (χ0n) is 14.1. The standard InChI is InChI=1S/C16H16N6O5/c23-21(24)13-1-3-15(20-5-7-27-8-6-20)12(9-13)10-18-19-16-4-2-14(11-17-16)22(25)26/h1-4,9-11H,5-8H2,(H,17,19)/b18-10-. The van der Waals surface area contributed by atoms with Crippen molar-refractivity contribution in [2.45, 2.75) is 0 Å². The summed E-state index contributed by atoms with van der Waals surface area (Å²) in [6.07, 6.45) is 2.57. The summed E-state index contributed by atoms with van der Waals surface area (Å²) in [5, 5.41) is 25.8. The van der Waals surface area contributed by atoms with Gasteiger partial charge in [0.05, 0.1) is 29.3 Å². The van der Waals surface area contributed by atoms with Gasteiger partial charge < -0.3 is 9.64 Å². The van der Waals surface area contributed by atoms with Gasteiger partial charge in [-0.2, -0.15) is 5.10 Å². The number of rotatable bonds is 6. The number of nitro groups is 2. The van der Waals surface area contributed by atoms with E-state index in [-0.39, 0.29) is 11.4 Å². The lowest BCUT2D eigenvalue weighted by atomic mass is 10.1. The number of non-ortho nitro benzene ring substituents is 1. The molecule has 1 aromatic heterocycles. The Bertz CT molecular complexity index is 864. The molecule has 140 valence electrons. The number of ether oxygens (including phenoxy) is 1. The second kappa shape index (κ2) is 8.19. The number of nitrogens with zero attached hydrogens (tertiary/aromatic N) is 5. The molecule has 0 aliphatic carbocycles. The molecule has 0 radical (unpaired) electrons. The summed E-state index contributed by atoms with van der Waals surface area (Å²) in [6.45, 7) is 2.52.